The maximum atomic E-state index is 10.4. The lowest BCUT2D eigenvalue weighted by atomic mass is 10.2. The van der Waals surface area contributed by atoms with E-state index in [0.29, 0.717) is 0 Å². The average molecular weight is 702 g/mol. The molecule has 1 fully saturated rings. The molecule has 1 heterocycles. The summed E-state index contributed by atoms with van der Waals surface area (Å²) < 4.78 is 63.7. The van der Waals surface area contributed by atoms with Crippen molar-refractivity contribution in [2.75, 3.05) is 51.8 Å². The molecule has 0 amide bonds. The minimum Gasteiger partial charge on any atom is -0.744 e. The minimum atomic E-state index is -4.27. The smallest absolute Gasteiger partial charge is 0.124 e. The van der Waals surface area contributed by atoms with Gasteiger partial charge in [-0.15, -0.1) is 0 Å². The second kappa shape index (κ2) is 20.9. The molecule has 2 aromatic carbocycles. The van der Waals surface area contributed by atoms with Gasteiger partial charge >= 0.3 is 0 Å². The Bertz CT molecular complexity index is 1220. The maximum absolute atomic E-state index is 10.4. The molecule has 0 spiro atoms. The highest BCUT2D eigenvalue weighted by molar-refractivity contribution is 7.86. The van der Waals surface area contributed by atoms with Crippen molar-refractivity contribution in [1.82, 2.24) is 0 Å². The molecule has 0 atom stereocenters. The van der Waals surface area contributed by atoms with Gasteiger partial charge in [-0.3, -0.25) is 0 Å². The first-order valence-electron chi connectivity index (χ1n) is 16.7. The number of benzene rings is 2. The summed E-state index contributed by atoms with van der Waals surface area (Å²) in [7, 11) is -6.77. The molecule has 266 valence electrons. The number of likely N-dealkylation sites (tertiary alicyclic amines) is 1. The van der Waals surface area contributed by atoms with E-state index in [4.69, 9.17) is 0 Å². The van der Waals surface area contributed by atoms with Crippen molar-refractivity contribution in [2.45, 2.75) is 97.8 Å². The fraction of sp³-hybridized carbons (Fsp3) is 0.667. The summed E-state index contributed by atoms with van der Waals surface area (Å²) in [6.07, 6.45) is 10.2. The van der Waals surface area contributed by atoms with E-state index in [-0.39, 0.29) is 9.79 Å². The zero-order chi connectivity index (χ0) is 35.8. The van der Waals surface area contributed by atoms with Crippen LogP contribution in [0.4, 0.5) is 0 Å². The maximum Gasteiger partial charge on any atom is 0.124 e. The van der Waals surface area contributed by atoms with Gasteiger partial charge in [0.1, 0.15) is 20.2 Å². The number of quaternary nitrogens is 1. The lowest BCUT2D eigenvalue weighted by molar-refractivity contribution is -0.897. The van der Waals surface area contributed by atoms with Gasteiger partial charge in [0.15, 0.2) is 0 Å². The van der Waals surface area contributed by atoms with Crippen LogP contribution in [-0.2, 0) is 20.2 Å². The topological polar surface area (TPSA) is 114 Å². The van der Waals surface area contributed by atoms with Crippen LogP contribution in [0.2, 0.25) is 0 Å². The van der Waals surface area contributed by atoms with Crippen molar-refractivity contribution in [3.8, 4) is 0 Å². The van der Waals surface area contributed by atoms with Gasteiger partial charge in [0, 0.05) is 26.8 Å². The molecule has 1 saturated heterocycles. The molecule has 0 aromatic heterocycles. The lowest BCUT2D eigenvalue weighted by Gasteiger charge is -2.28. The van der Waals surface area contributed by atoms with E-state index in [0.717, 1.165) is 28.9 Å². The lowest BCUT2D eigenvalue weighted by Crippen LogP contribution is -2.41. The Morgan fingerprint density at radius 2 is 0.978 bits per heavy atom. The molecule has 1 aliphatic heterocycles. The van der Waals surface area contributed by atoms with Crippen LogP contribution in [-0.4, -0.2) is 82.3 Å². The standard InChI is InChI=1S/C13H30P.C9H20N.2C7H8O3S/c1-11(2)8-14(7,9-12(3)4)10-13(5)6;1-3-4-7-10(2)8-5-6-9-10;2*1-6-2-4-7(5-3-6)11(8,9)10/h11-13H,8-10H2,1-7H3;3-9H2,1-2H3;2*2-5H,1H3,(H,8,9,10)/q2*+1;;/p-2. The largest absolute Gasteiger partial charge is 0.744 e. The number of hydrogen-bond donors (Lipinski definition) is 0. The minimum absolute atomic E-state index is 0.178. The SMILES string of the molecule is CC(C)C[P+](C)(CC(C)C)CC(C)C.CCCC[N+]1(C)CCCC1.Cc1ccc(S(=O)(=O)[O-])cc1.Cc1ccc(S(=O)(=O)[O-])cc1. The van der Waals surface area contributed by atoms with Crippen molar-refractivity contribution < 1.29 is 30.4 Å². The van der Waals surface area contributed by atoms with Crippen LogP contribution < -0.4 is 0 Å². The molecule has 3 rings (SSSR count). The van der Waals surface area contributed by atoms with Crippen LogP contribution in [0.25, 0.3) is 0 Å². The van der Waals surface area contributed by atoms with E-state index in [1.165, 1.54) is 92.6 Å². The summed E-state index contributed by atoms with van der Waals surface area (Å²) >= 11 is 0. The third kappa shape index (κ3) is 20.8. The molecule has 0 N–H and O–H groups in total. The van der Waals surface area contributed by atoms with E-state index in [1.54, 1.807) is 24.3 Å². The predicted molar refractivity (Wildman–Crippen MR) is 195 cm³/mol. The van der Waals surface area contributed by atoms with Gasteiger partial charge in [-0.2, -0.15) is 0 Å². The summed E-state index contributed by atoms with van der Waals surface area (Å²) in [5.74, 6) is 2.64. The van der Waals surface area contributed by atoms with Crippen LogP contribution in [0.15, 0.2) is 58.3 Å². The fourth-order valence-corrected chi connectivity index (χ4v) is 12.8. The Morgan fingerprint density at radius 1 is 0.674 bits per heavy atom. The van der Waals surface area contributed by atoms with Crippen LogP contribution in [0.1, 0.15) is 85.3 Å². The molecule has 2 aromatic rings. The Balaban J connectivity index is 0.000000591. The summed E-state index contributed by atoms with van der Waals surface area (Å²) in [6, 6.07) is 11.6. The third-order valence-electron chi connectivity index (χ3n) is 7.73. The van der Waals surface area contributed by atoms with E-state index in [2.05, 4.69) is 62.2 Å². The molecule has 0 saturated carbocycles. The molecule has 0 unspecified atom stereocenters. The highest BCUT2D eigenvalue weighted by Gasteiger charge is 2.34. The third-order valence-corrected chi connectivity index (χ3v) is 14.3. The first-order chi connectivity index (χ1) is 21.0. The molecular weight excluding hydrogens is 638 g/mol. The van der Waals surface area contributed by atoms with Gasteiger partial charge in [-0.05, 0) is 62.3 Å². The van der Waals surface area contributed by atoms with Crippen LogP contribution in [0.3, 0.4) is 0 Å². The Labute approximate surface area is 284 Å². The molecule has 7 nitrogen and oxygen atoms in total. The van der Waals surface area contributed by atoms with Crippen molar-refractivity contribution >= 4 is 27.5 Å². The number of hydrogen-bond acceptors (Lipinski definition) is 6. The van der Waals surface area contributed by atoms with Crippen molar-refractivity contribution in [3.63, 3.8) is 0 Å². The molecule has 10 heteroatoms. The Morgan fingerprint density at radius 3 is 1.22 bits per heavy atom. The summed E-state index contributed by atoms with van der Waals surface area (Å²) in [5.41, 5.74) is 1.86. The quantitative estimate of drug-likeness (QED) is 0.132. The van der Waals surface area contributed by atoms with Gasteiger partial charge in [-0.1, -0.05) is 90.3 Å². The predicted octanol–water partition coefficient (Wildman–Crippen LogP) is 8.43. The summed E-state index contributed by atoms with van der Waals surface area (Å²) in [4.78, 5) is -0.355. The van der Waals surface area contributed by atoms with Gasteiger partial charge in [0.05, 0.1) is 55.0 Å². The summed E-state index contributed by atoms with van der Waals surface area (Å²) in [6.45, 7) is 27.0. The van der Waals surface area contributed by atoms with Crippen molar-refractivity contribution in [2.24, 2.45) is 17.8 Å². The second-order valence-electron chi connectivity index (χ2n) is 14.7. The summed E-state index contributed by atoms with van der Waals surface area (Å²) in [5, 5.41) is 0. The van der Waals surface area contributed by atoms with E-state index in [1.807, 2.05) is 13.8 Å². The molecule has 1 aliphatic rings. The molecule has 0 radical (unpaired) electrons. The fourth-order valence-electron chi connectivity index (χ4n) is 6.14. The first kappa shape index (κ1) is 44.6. The number of unbranched alkanes of at least 4 members (excludes halogenated alkanes) is 1. The van der Waals surface area contributed by atoms with Gasteiger partial charge in [0.25, 0.3) is 0 Å². The zero-order valence-corrected chi connectivity index (χ0v) is 33.1. The molecule has 0 aliphatic carbocycles. The van der Waals surface area contributed by atoms with E-state index >= 15 is 0 Å². The zero-order valence-electron chi connectivity index (χ0n) is 30.6. The van der Waals surface area contributed by atoms with E-state index in [9.17, 15) is 25.9 Å². The Kier molecular flexibility index (Phi) is 20.3. The second-order valence-corrected chi connectivity index (χ2v) is 21.8. The molecule has 46 heavy (non-hydrogen) atoms. The highest BCUT2D eigenvalue weighted by Crippen LogP contribution is 2.58. The number of rotatable bonds is 11. The average Bonchev–Trinajstić information content (AvgIpc) is 3.33. The van der Waals surface area contributed by atoms with Crippen LogP contribution >= 0.6 is 7.26 Å². The first-order valence-corrected chi connectivity index (χ1v) is 22.3. The van der Waals surface area contributed by atoms with Crippen molar-refractivity contribution in [1.29, 1.82) is 0 Å². The van der Waals surface area contributed by atoms with Gasteiger partial charge < -0.3 is 13.6 Å². The number of nitrogens with zero attached hydrogens (tertiary/aromatic N) is 1. The van der Waals surface area contributed by atoms with Crippen molar-refractivity contribution in [3.05, 3.63) is 59.7 Å². The molecule has 0 bridgehead atoms. The monoisotopic (exact) mass is 701 g/mol. The van der Waals surface area contributed by atoms with Gasteiger partial charge in [0.2, 0.25) is 0 Å². The molecular formula is C36H64NO6PS2. The Hall–Kier alpha value is -1.35. The number of aryl methyl sites for hydroxylation is 2. The normalized spacial score (nSPS) is 14.6. The van der Waals surface area contributed by atoms with Crippen LogP contribution in [0.5, 0.6) is 0 Å². The van der Waals surface area contributed by atoms with Gasteiger partial charge in [-0.25, -0.2) is 16.8 Å². The van der Waals surface area contributed by atoms with E-state index < -0.39 is 27.5 Å². The highest BCUT2D eigenvalue weighted by atomic mass is 32.2. The van der Waals surface area contributed by atoms with Crippen LogP contribution in [0, 0.1) is 31.6 Å².